The summed E-state index contributed by atoms with van der Waals surface area (Å²) >= 11 is 5.62. The van der Waals surface area contributed by atoms with Crippen molar-refractivity contribution in [2.24, 2.45) is 0 Å². The second-order valence-electron chi connectivity index (χ2n) is 4.35. The van der Waals surface area contributed by atoms with Crippen LogP contribution in [-0.2, 0) is 0 Å². The summed E-state index contributed by atoms with van der Waals surface area (Å²) in [5.74, 6) is 0.173. The highest BCUT2D eigenvalue weighted by Gasteiger charge is 2.13. The molecule has 0 saturated heterocycles. The number of aromatic nitrogens is 1. The van der Waals surface area contributed by atoms with Gasteiger partial charge in [0, 0.05) is 17.5 Å². The molecule has 100 valence electrons. The van der Waals surface area contributed by atoms with Crippen LogP contribution < -0.4 is 5.32 Å². The molecule has 6 heteroatoms. The molecule has 0 unspecified atom stereocenters. The Balaban J connectivity index is 2.13. The van der Waals surface area contributed by atoms with E-state index in [4.69, 9.17) is 16.1 Å². The molecule has 1 aromatic carbocycles. The topological polar surface area (TPSA) is 55.1 Å². The van der Waals surface area contributed by atoms with E-state index in [0.29, 0.717) is 11.6 Å². The highest BCUT2D eigenvalue weighted by Crippen LogP contribution is 2.20. The fourth-order valence-electron chi connectivity index (χ4n) is 1.45. The van der Waals surface area contributed by atoms with Gasteiger partial charge in [-0.2, -0.15) is 0 Å². The van der Waals surface area contributed by atoms with Crippen molar-refractivity contribution >= 4 is 23.3 Å². The number of rotatable bonds is 3. The fraction of sp³-hybridized carbons (Fsp3) is 0.231. The minimum Gasteiger partial charge on any atom is -0.359 e. The van der Waals surface area contributed by atoms with Gasteiger partial charge in [-0.1, -0.05) is 30.6 Å². The molecule has 1 N–H and O–H groups in total. The lowest BCUT2D eigenvalue weighted by Crippen LogP contribution is -2.12. The van der Waals surface area contributed by atoms with Crippen LogP contribution in [0.4, 0.5) is 10.2 Å². The molecule has 0 aliphatic heterocycles. The largest absolute Gasteiger partial charge is 0.359 e. The van der Waals surface area contributed by atoms with Gasteiger partial charge in [0.1, 0.15) is 11.6 Å². The molecule has 1 aromatic heterocycles. The van der Waals surface area contributed by atoms with Gasteiger partial charge in [0.25, 0.3) is 5.91 Å². The van der Waals surface area contributed by atoms with Gasteiger partial charge in [-0.05, 0) is 18.2 Å². The van der Waals surface area contributed by atoms with Crippen LogP contribution in [0, 0.1) is 5.82 Å². The number of benzene rings is 1. The van der Waals surface area contributed by atoms with Crippen LogP contribution in [0.15, 0.2) is 28.8 Å². The molecule has 2 aromatic rings. The van der Waals surface area contributed by atoms with Crippen molar-refractivity contribution in [2.75, 3.05) is 5.32 Å². The van der Waals surface area contributed by atoms with E-state index in [0.717, 1.165) is 6.07 Å². The minimum atomic E-state index is -0.568. The number of carbonyl (C=O) groups is 1. The van der Waals surface area contributed by atoms with E-state index in [9.17, 15) is 9.18 Å². The first kappa shape index (κ1) is 13.5. The Morgan fingerprint density at radius 2 is 2.16 bits per heavy atom. The lowest BCUT2D eigenvalue weighted by molar-refractivity contribution is 0.102. The van der Waals surface area contributed by atoms with Gasteiger partial charge in [-0.3, -0.25) is 4.79 Å². The van der Waals surface area contributed by atoms with E-state index in [-0.39, 0.29) is 16.5 Å². The lowest BCUT2D eigenvalue weighted by Gasteiger charge is -2.02. The minimum absolute atomic E-state index is 0.101. The summed E-state index contributed by atoms with van der Waals surface area (Å²) in [7, 11) is 0. The summed E-state index contributed by atoms with van der Waals surface area (Å²) in [5.41, 5.74) is 0.250. The van der Waals surface area contributed by atoms with Crippen molar-refractivity contribution in [3.63, 3.8) is 0 Å². The molecular weight excluding hydrogens is 271 g/mol. The van der Waals surface area contributed by atoms with Crippen LogP contribution in [-0.4, -0.2) is 11.1 Å². The molecule has 0 aliphatic carbocycles. The fourth-order valence-corrected chi connectivity index (χ4v) is 1.63. The van der Waals surface area contributed by atoms with Gasteiger partial charge in [-0.15, -0.1) is 0 Å². The van der Waals surface area contributed by atoms with Gasteiger partial charge < -0.3 is 9.84 Å². The quantitative estimate of drug-likeness (QED) is 0.930. The molecule has 0 atom stereocenters. The Hall–Kier alpha value is -1.88. The first-order valence-corrected chi connectivity index (χ1v) is 6.08. The van der Waals surface area contributed by atoms with E-state index in [1.807, 2.05) is 13.8 Å². The normalized spacial score (nSPS) is 10.8. The summed E-state index contributed by atoms with van der Waals surface area (Å²) in [6, 6.07) is 5.39. The highest BCUT2D eigenvalue weighted by molar-refractivity contribution is 6.31. The Morgan fingerprint density at radius 1 is 1.42 bits per heavy atom. The molecule has 0 bridgehead atoms. The second-order valence-corrected chi connectivity index (χ2v) is 4.76. The average Bonchev–Trinajstić information content (AvgIpc) is 2.81. The third-order valence-electron chi connectivity index (χ3n) is 2.52. The van der Waals surface area contributed by atoms with Crippen LogP contribution in [0.3, 0.4) is 0 Å². The number of hydrogen-bond donors (Lipinski definition) is 1. The predicted molar refractivity (Wildman–Crippen MR) is 70.0 cm³/mol. The number of hydrogen-bond acceptors (Lipinski definition) is 3. The van der Waals surface area contributed by atoms with Crippen LogP contribution in [0.5, 0.6) is 0 Å². The molecule has 0 saturated carbocycles. The SMILES string of the molecule is CC(C)c1cc(NC(=O)c2ccc(F)c(Cl)c2)no1. The van der Waals surface area contributed by atoms with Crippen molar-refractivity contribution in [1.29, 1.82) is 0 Å². The highest BCUT2D eigenvalue weighted by atomic mass is 35.5. The summed E-state index contributed by atoms with van der Waals surface area (Å²) < 4.78 is 18.0. The maximum Gasteiger partial charge on any atom is 0.256 e. The van der Waals surface area contributed by atoms with Gasteiger partial charge in [0.15, 0.2) is 5.82 Å². The summed E-state index contributed by atoms with van der Waals surface area (Å²) in [4.78, 5) is 11.9. The number of nitrogens with one attached hydrogen (secondary N) is 1. The molecule has 2 rings (SSSR count). The summed E-state index contributed by atoms with van der Waals surface area (Å²) in [6.45, 7) is 3.90. The monoisotopic (exact) mass is 282 g/mol. The molecule has 19 heavy (non-hydrogen) atoms. The predicted octanol–water partition coefficient (Wildman–Crippen LogP) is 3.84. The molecule has 4 nitrogen and oxygen atoms in total. The number of anilines is 1. The van der Waals surface area contributed by atoms with Crippen molar-refractivity contribution in [3.05, 3.63) is 46.4 Å². The zero-order chi connectivity index (χ0) is 14.0. The number of carbonyl (C=O) groups excluding carboxylic acids is 1. The molecule has 0 radical (unpaired) electrons. The van der Waals surface area contributed by atoms with Crippen LogP contribution in [0.25, 0.3) is 0 Å². The van der Waals surface area contributed by atoms with Gasteiger partial charge in [0.2, 0.25) is 0 Å². The zero-order valence-electron chi connectivity index (χ0n) is 10.4. The number of halogens is 2. The second kappa shape index (κ2) is 5.40. The van der Waals surface area contributed by atoms with E-state index in [1.54, 1.807) is 6.07 Å². The zero-order valence-corrected chi connectivity index (χ0v) is 11.2. The van der Waals surface area contributed by atoms with Crippen LogP contribution >= 0.6 is 11.6 Å². The van der Waals surface area contributed by atoms with Crippen molar-refractivity contribution in [1.82, 2.24) is 5.16 Å². The van der Waals surface area contributed by atoms with Crippen LogP contribution in [0.2, 0.25) is 5.02 Å². The van der Waals surface area contributed by atoms with E-state index >= 15 is 0 Å². The van der Waals surface area contributed by atoms with Crippen molar-refractivity contribution in [3.8, 4) is 0 Å². The standard InChI is InChI=1S/C13H12ClFN2O2/c1-7(2)11-6-12(17-19-11)16-13(18)8-3-4-10(15)9(14)5-8/h3-7H,1-2H3,(H,16,17,18). The van der Waals surface area contributed by atoms with E-state index < -0.39 is 11.7 Å². The van der Waals surface area contributed by atoms with E-state index in [2.05, 4.69) is 10.5 Å². The van der Waals surface area contributed by atoms with Crippen molar-refractivity contribution < 1.29 is 13.7 Å². The number of amides is 1. The smallest absolute Gasteiger partial charge is 0.256 e. The van der Waals surface area contributed by atoms with Gasteiger partial charge >= 0.3 is 0 Å². The summed E-state index contributed by atoms with van der Waals surface area (Å²) in [6.07, 6.45) is 0. The van der Waals surface area contributed by atoms with Crippen molar-refractivity contribution in [2.45, 2.75) is 19.8 Å². The Morgan fingerprint density at radius 3 is 2.74 bits per heavy atom. The molecule has 1 amide bonds. The van der Waals surface area contributed by atoms with Gasteiger partial charge in [-0.25, -0.2) is 4.39 Å². The molecule has 0 fully saturated rings. The maximum absolute atomic E-state index is 13.0. The van der Waals surface area contributed by atoms with Gasteiger partial charge in [0.05, 0.1) is 5.02 Å². The molecule has 1 heterocycles. The molecular formula is C13H12ClFN2O2. The van der Waals surface area contributed by atoms with E-state index in [1.165, 1.54) is 12.1 Å². The van der Waals surface area contributed by atoms with Crippen LogP contribution in [0.1, 0.15) is 35.9 Å². The summed E-state index contributed by atoms with van der Waals surface area (Å²) in [5, 5.41) is 6.18. The number of nitrogens with zero attached hydrogens (tertiary/aromatic N) is 1. The third-order valence-corrected chi connectivity index (χ3v) is 2.81. The Bertz CT molecular complexity index is 610. The molecule has 0 aliphatic rings. The maximum atomic E-state index is 13.0. The molecule has 0 spiro atoms. The first-order chi connectivity index (χ1) is 8.97. The first-order valence-electron chi connectivity index (χ1n) is 5.70. The Kier molecular flexibility index (Phi) is 3.85. The third kappa shape index (κ3) is 3.12. The average molecular weight is 283 g/mol. The Labute approximate surface area is 114 Å². The lowest BCUT2D eigenvalue weighted by atomic mass is 10.1.